The van der Waals surface area contributed by atoms with Gasteiger partial charge in [-0.15, -0.1) is 0 Å². The summed E-state index contributed by atoms with van der Waals surface area (Å²) in [5, 5.41) is 20.9. The lowest BCUT2D eigenvalue weighted by molar-refractivity contribution is -0.127. The summed E-state index contributed by atoms with van der Waals surface area (Å²) in [7, 11) is 1.50. The third kappa shape index (κ3) is 6.57. The summed E-state index contributed by atoms with van der Waals surface area (Å²) in [5.41, 5.74) is 3.76. The number of nitrogens with zero attached hydrogens (tertiary/aromatic N) is 5. The van der Waals surface area contributed by atoms with Crippen molar-refractivity contribution in [3.63, 3.8) is 0 Å². The zero-order valence-corrected chi connectivity index (χ0v) is 24.3. The lowest BCUT2D eigenvalue weighted by atomic mass is 9.60. The smallest absolute Gasteiger partial charge is 0.271 e. The van der Waals surface area contributed by atoms with Crippen molar-refractivity contribution in [2.24, 2.45) is 16.5 Å². The highest BCUT2D eigenvalue weighted by Gasteiger charge is 2.47. The normalized spacial score (nSPS) is 21.3. The topological polar surface area (TPSA) is 132 Å². The molecule has 2 aliphatic carbocycles. The summed E-state index contributed by atoms with van der Waals surface area (Å²) in [5.74, 6) is 0.585. The highest BCUT2D eigenvalue weighted by atomic mass is 16.6. The lowest BCUT2D eigenvalue weighted by Crippen LogP contribution is -2.53. The molecule has 224 valence electrons. The van der Waals surface area contributed by atoms with Gasteiger partial charge in [-0.3, -0.25) is 14.5 Å². The molecule has 4 aliphatic rings. The zero-order chi connectivity index (χ0) is 29.1. The van der Waals surface area contributed by atoms with E-state index in [0.717, 1.165) is 71.1 Å². The van der Waals surface area contributed by atoms with E-state index in [0.29, 0.717) is 18.1 Å². The second-order valence-corrected chi connectivity index (χ2v) is 12.4. The van der Waals surface area contributed by atoms with E-state index in [1.165, 1.54) is 24.6 Å². The average molecular weight is 576 g/mol. The summed E-state index contributed by atoms with van der Waals surface area (Å²) >= 11 is 0. The van der Waals surface area contributed by atoms with Crippen LogP contribution < -0.4 is 10.6 Å². The van der Waals surface area contributed by atoms with Crippen LogP contribution in [-0.4, -0.2) is 94.4 Å². The predicted molar refractivity (Wildman–Crippen MR) is 158 cm³/mol. The molecule has 1 atom stereocenters. The fourth-order valence-electron chi connectivity index (χ4n) is 6.73. The molecule has 2 aliphatic heterocycles. The van der Waals surface area contributed by atoms with E-state index in [1.807, 2.05) is 11.0 Å². The Morgan fingerprint density at radius 2 is 1.90 bits per heavy atom. The van der Waals surface area contributed by atoms with Gasteiger partial charge in [-0.1, -0.05) is 29.4 Å². The molecule has 6 rings (SSSR count). The summed E-state index contributed by atoms with van der Waals surface area (Å²) in [4.78, 5) is 43.3. The maximum Gasteiger partial charge on any atom is 0.271 e. The van der Waals surface area contributed by atoms with Gasteiger partial charge in [0.15, 0.2) is 0 Å². The maximum atomic E-state index is 12.9. The average Bonchev–Trinajstić information content (AvgIpc) is 3.83. The molecule has 3 heterocycles. The Morgan fingerprint density at radius 1 is 1.14 bits per heavy atom. The minimum absolute atomic E-state index is 0.0276. The molecule has 2 saturated carbocycles. The summed E-state index contributed by atoms with van der Waals surface area (Å²) in [6, 6.07) is 10.3. The number of rotatable bonds is 10. The van der Waals surface area contributed by atoms with Gasteiger partial charge < -0.3 is 25.5 Å². The summed E-state index contributed by atoms with van der Waals surface area (Å²) < 4.78 is 0. The number of nitrogens with one attached hydrogen (secondary N) is 2. The highest BCUT2D eigenvalue weighted by molar-refractivity contribution is 6.40. The first kappa shape index (κ1) is 28.5. The number of likely N-dealkylation sites (tertiary alicyclic amines) is 1. The number of fused-ring (bicyclic) bond motifs is 1. The first-order chi connectivity index (χ1) is 20.4. The Hall–Kier alpha value is -3.57. The number of carbonyl (C=O) groups is 2. The number of hydrogen-bond acceptors (Lipinski definition) is 9. The molecule has 1 saturated heterocycles. The number of aliphatic hydroxyl groups excluding tert-OH is 1. The minimum Gasteiger partial charge on any atom is -0.399 e. The molecule has 0 bridgehead atoms. The molecule has 11 heteroatoms. The Labute approximate surface area is 246 Å². The van der Waals surface area contributed by atoms with Crippen molar-refractivity contribution in [3.8, 4) is 0 Å². The van der Waals surface area contributed by atoms with Gasteiger partial charge in [0.2, 0.25) is 0 Å². The SMILES string of the molecule is CON=C(C(=O)N1CCC2(CC1)CC(Nc1cc(C(=O)NC[C@H](O)CN3CCc4ccccc4C3)ncn1)C2)C1CC1. The van der Waals surface area contributed by atoms with Crippen LogP contribution in [0.25, 0.3) is 0 Å². The Kier molecular flexibility index (Phi) is 8.39. The van der Waals surface area contributed by atoms with Crippen molar-refractivity contribution in [3.05, 3.63) is 53.5 Å². The fraction of sp³-hybridized carbons (Fsp3) is 0.581. The largest absolute Gasteiger partial charge is 0.399 e. The number of amides is 2. The number of aromatic nitrogens is 2. The van der Waals surface area contributed by atoms with Crippen molar-refractivity contribution in [2.75, 3.05) is 45.2 Å². The molecule has 0 radical (unpaired) electrons. The van der Waals surface area contributed by atoms with Gasteiger partial charge in [-0.05, 0) is 61.5 Å². The second kappa shape index (κ2) is 12.3. The molecule has 42 heavy (non-hydrogen) atoms. The Morgan fingerprint density at radius 3 is 2.64 bits per heavy atom. The van der Waals surface area contributed by atoms with E-state index in [4.69, 9.17) is 4.84 Å². The van der Waals surface area contributed by atoms with Gasteiger partial charge in [-0.2, -0.15) is 0 Å². The first-order valence-corrected chi connectivity index (χ1v) is 15.2. The van der Waals surface area contributed by atoms with Crippen LogP contribution in [0.4, 0.5) is 5.82 Å². The van der Waals surface area contributed by atoms with Crippen molar-refractivity contribution in [2.45, 2.75) is 63.6 Å². The molecule has 2 aromatic rings. The molecule has 1 spiro atoms. The standard InChI is InChI=1S/C31H41N7O4/c1-42-36-28(22-6-7-22)30(41)38-12-9-31(10-13-38)15-24(16-31)35-27-14-26(33-20-34-27)29(40)32-17-25(39)19-37-11-8-21-4-2-3-5-23(21)18-37/h2-5,14,20,22,24-25,39H,6-13,15-19H2,1H3,(H,32,40)(H,33,34,35)/t25-/m0/s1. The second-order valence-electron chi connectivity index (χ2n) is 12.4. The number of hydrogen-bond donors (Lipinski definition) is 3. The third-order valence-corrected chi connectivity index (χ3v) is 9.27. The minimum atomic E-state index is -0.668. The van der Waals surface area contributed by atoms with Crippen LogP contribution in [0.15, 0.2) is 41.8 Å². The van der Waals surface area contributed by atoms with Crippen LogP contribution in [0.5, 0.6) is 0 Å². The monoisotopic (exact) mass is 575 g/mol. The van der Waals surface area contributed by atoms with Crippen molar-refractivity contribution >= 4 is 23.3 Å². The zero-order valence-electron chi connectivity index (χ0n) is 24.3. The van der Waals surface area contributed by atoms with Crippen LogP contribution in [0.2, 0.25) is 0 Å². The molecule has 2 amide bonds. The van der Waals surface area contributed by atoms with Gasteiger partial charge in [-0.25, -0.2) is 9.97 Å². The number of aliphatic hydroxyl groups is 1. The van der Waals surface area contributed by atoms with E-state index in [9.17, 15) is 14.7 Å². The Bertz CT molecular complexity index is 1310. The number of piperidine rings is 1. The predicted octanol–water partition coefficient (Wildman–Crippen LogP) is 2.22. The van der Waals surface area contributed by atoms with E-state index in [-0.39, 0.29) is 41.4 Å². The van der Waals surface area contributed by atoms with Crippen molar-refractivity contribution in [1.29, 1.82) is 0 Å². The number of anilines is 1. The number of β-amino-alcohol motifs (C(OH)–C–C–N with tert-alkyl or cyclic N) is 1. The van der Waals surface area contributed by atoms with E-state index < -0.39 is 6.10 Å². The van der Waals surface area contributed by atoms with Crippen molar-refractivity contribution < 1.29 is 19.5 Å². The third-order valence-electron chi connectivity index (χ3n) is 9.27. The van der Waals surface area contributed by atoms with Gasteiger partial charge in [0, 0.05) is 57.3 Å². The fourth-order valence-corrected chi connectivity index (χ4v) is 6.73. The molecule has 1 aromatic carbocycles. The molecule has 11 nitrogen and oxygen atoms in total. The number of benzene rings is 1. The van der Waals surface area contributed by atoms with Crippen LogP contribution >= 0.6 is 0 Å². The maximum absolute atomic E-state index is 12.9. The molecule has 1 aromatic heterocycles. The summed E-state index contributed by atoms with van der Waals surface area (Å²) in [6.07, 6.45) is 7.71. The lowest BCUT2D eigenvalue weighted by Gasteiger charge is -2.52. The number of oxime groups is 1. The summed E-state index contributed by atoms with van der Waals surface area (Å²) in [6.45, 7) is 3.86. The van der Waals surface area contributed by atoms with Crippen LogP contribution in [-0.2, 0) is 22.6 Å². The first-order valence-electron chi connectivity index (χ1n) is 15.2. The van der Waals surface area contributed by atoms with Gasteiger partial charge in [0.05, 0.1) is 6.10 Å². The van der Waals surface area contributed by atoms with E-state index >= 15 is 0 Å². The molecule has 0 unspecified atom stereocenters. The van der Waals surface area contributed by atoms with E-state index in [1.54, 1.807) is 6.07 Å². The highest BCUT2D eigenvalue weighted by Crippen LogP contribution is 2.50. The number of carbonyl (C=O) groups excluding carboxylic acids is 2. The van der Waals surface area contributed by atoms with Crippen LogP contribution in [0, 0.1) is 11.3 Å². The molecular weight excluding hydrogens is 534 g/mol. The van der Waals surface area contributed by atoms with Crippen molar-refractivity contribution in [1.82, 2.24) is 25.1 Å². The van der Waals surface area contributed by atoms with Crippen LogP contribution in [0.1, 0.15) is 60.1 Å². The quantitative estimate of drug-likeness (QED) is 0.290. The Balaban J connectivity index is 0.930. The molecule has 3 N–H and O–H groups in total. The molecular formula is C31H41N7O4. The van der Waals surface area contributed by atoms with E-state index in [2.05, 4.69) is 48.9 Å². The van der Waals surface area contributed by atoms with Gasteiger partial charge in [0.25, 0.3) is 11.8 Å². The van der Waals surface area contributed by atoms with Gasteiger partial charge >= 0.3 is 0 Å². The van der Waals surface area contributed by atoms with Gasteiger partial charge in [0.1, 0.15) is 30.7 Å². The molecule has 3 fully saturated rings. The van der Waals surface area contributed by atoms with Crippen LogP contribution in [0.3, 0.4) is 0 Å².